The second-order valence-electron chi connectivity index (χ2n) is 4.32. The first-order chi connectivity index (χ1) is 6.79. The third-order valence-electron chi connectivity index (χ3n) is 1.70. The summed E-state index contributed by atoms with van der Waals surface area (Å²) in [4.78, 5) is 11.5. The summed E-state index contributed by atoms with van der Waals surface area (Å²) in [7, 11) is 0. The van der Waals surface area contributed by atoms with Gasteiger partial charge in [-0.2, -0.15) is 0 Å². The summed E-state index contributed by atoms with van der Waals surface area (Å²) in [6.07, 6.45) is 0. The zero-order valence-electron chi connectivity index (χ0n) is 8.94. The molecule has 0 saturated carbocycles. The molecular weight excluding hydrogens is 196 g/mol. The number of ether oxygens (including phenoxy) is 1. The number of carbonyl (C=O) groups is 1. The fourth-order valence-corrected chi connectivity index (χ4v) is 0.887. The summed E-state index contributed by atoms with van der Waals surface area (Å²) in [5, 5.41) is 18.3. The van der Waals surface area contributed by atoms with Crippen LogP contribution in [0, 0.1) is 5.41 Å². The van der Waals surface area contributed by atoms with Gasteiger partial charge >= 0.3 is 5.97 Å². The third kappa shape index (κ3) is 3.16. The molecule has 0 aliphatic carbocycles. The molecule has 0 aliphatic rings. The number of carbonyl (C=O) groups excluding carboxylic acids is 1. The lowest BCUT2D eigenvalue weighted by Gasteiger charge is -2.16. The van der Waals surface area contributed by atoms with Gasteiger partial charge in [0.15, 0.2) is 0 Å². The van der Waals surface area contributed by atoms with Gasteiger partial charge in [0, 0.05) is 18.2 Å². The van der Waals surface area contributed by atoms with Gasteiger partial charge in [-0.3, -0.25) is 4.79 Å². The normalized spacial score (nSPS) is 11.1. The molecule has 0 atom stereocenters. The van der Waals surface area contributed by atoms with E-state index in [4.69, 9.17) is 14.9 Å². The predicted molar refractivity (Wildman–Crippen MR) is 54.9 cm³/mol. The third-order valence-corrected chi connectivity index (χ3v) is 1.70. The van der Waals surface area contributed by atoms with Crippen molar-refractivity contribution in [3.05, 3.63) is 18.2 Å². The van der Waals surface area contributed by atoms with Crippen molar-refractivity contribution in [1.82, 2.24) is 0 Å². The van der Waals surface area contributed by atoms with Crippen LogP contribution < -0.4 is 4.74 Å². The number of phenolic OH excluding ortho intramolecular Hbond substituents is 2. The maximum Gasteiger partial charge on any atom is 0.316 e. The van der Waals surface area contributed by atoms with E-state index in [9.17, 15) is 4.79 Å². The van der Waals surface area contributed by atoms with Gasteiger partial charge in [-0.05, 0) is 20.8 Å². The molecule has 0 heterocycles. The van der Waals surface area contributed by atoms with E-state index in [0.717, 1.165) is 6.07 Å². The first kappa shape index (κ1) is 11.4. The zero-order valence-corrected chi connectivity index (χ0v) is 8.94. The molecule has 15 heavy (non-hydrogen) atoms. The number of hydrogen-bond donors (Lipinski definition) is 2. The van der Waals surface area contributed by atoms with Crippen LogP contribution in [-0.2, 0) is 4.79 Å². The van der Waals surface area contributed by atoms with E-state index in [1.54, 1.807) is 20.8 Å². The minimum Gasteiger partial charge on any atom is -0.508 e. The van der Waals surface area contributed by atoms with Crippen LogP contribution in [0.5, 0.6) is 17.2 Å². The molecule has 0 radical (unpaired) electrons. The molecule has 0 amide bonds. The Kier molecular flexibility index (Phi) is 2.88. The molecule has 0 unspecified atom stereocenters. The van der Waals surface area contributed by atoms with Gasteiger partial charge in [-0.25, -0.2) is 0 Å². The quantitative estimate of drug-likeness (QED) is 0.550. The van der Waals surface area contributed by atoms with Gasteiger partial charge in [0.05, 0.1) is 5.41 Å². The molecule has 1 rings (SSSR count). The summed E-state index contributed by atoms with van der Waals surface area (Å²) < 4.78 is 4.98. The molecule has 0 spiro atoms. The van der Waals surface area contributed by atoms with Crippen molar-refractivity contribution in [2.45, 2.75) is 20.8 Å². The highest BCUT2D eigenvalue weighted by molar-refractivity contribution is 5.78. The van der Waals surface area contributed by atoms with Crippen LogP contribution in [0.15, 0.2) is 18.2 Å². The molecule has 0 aromatic heterocycles. The maximum absolute atomic E-state index is 11.5. The van der Waals surface area contributed by atoms with Crippen LogP contribution in [0.4, 0.5) is 0 Å². The van der Waals surface area contributed by atoms with Crippen molar-refractivity contribution in [3.8, 4) is 17.2 Å². The molecule has 4 heteroatoms. The summed E-state index contributed by atoms with van der Waals surface area (Å²) in [6, 6.07) is 3.70. The van der Waals surface area contributed by atoms with Crippen LogP contribution in [0.3, 0.4) is 0 Å². The molecule has 0 fully saturated rings. The highest BCUT2D eigenvalue weighted by Crippen LogP contribution is 2.27. The Hall–Kier alpha value is -1.71. The van der Waals surface area contributed by atoms with Gasteiger partial charge in [0.1, 0.15) is 17.2 Å². The van der Waals surface area contributed by atoms with Crippen molar-refractivity contribution in [1.29, 1.82) is 0 Å². The second-order valence-corrected chi connectivity index (χ2v) is 4.32. The van der Waals surface area contributed by atoms with E-state index in [0.29, 0.717) is 0 Å². The SMILES string of the molecule is CC(C)(C)C(=O)Oc1cc(O)cc(O)c1. The molecular formula is C11H14O4. The van der Waals surface area contributed by atoms with Crippen molar-refractivity contribution >= 4 is 5.97 Å². The van der Waals surface area contributed by atoms with Crippen molar-refractivity contribution in [2.75, 3.05) is 0 Å². The smallest absolute Gasteiger partial charge is 0.316 e. The maximum atomic E-state index is 11.5. The minimum atomic E-state index is -0.624. The van der Waals surface area contributed by atoms with E-state index in [1.807, 2.05) is 0 Å². The van der Waals surface area contributed by atoms with Crippen LogP contribution in [0.25, 0.3) is 0 Å². The lowest BCUT2D eigenvalue weighted by atomic mass is 9.97. The average Bonchev–Trinajstić information content (AvgIpc) is 1.99. The lowest BCUT2D eigenvalue weighted by molar-refractivity contribution is -0.142. The number of rotatable bonds is 1. The fourth-order valence-electron chi connectivity index (χ4n) is 0.887. The Balaban J connectivity index is 2.86. The van der Waals surface area contributed by atoms with E-state index in [-0.39, 0.29) is 17.2 Å². The summed E-state index contributed by atoms with van der Waals surface area (Å²) in [5.74, 6) is -0.585. The van der Waals surface area contributed by atoms with Crippen LogP contribution in [-0.4, -0.2) is 16.2 Å². The van der Waals surface area contributed by atoms with Crippen molar-refractivity contribution < 1.29 is 19.7 Å². The minimum absolute atomic E-state index is 0.132. The summed E-state index contributed by atoms with van der Waals surface area (Å²) in [5.41, 5.74) is -0.624. The molecule has 82 valence electrons. The predicted octanol–water partition coefficient (Wildman–Crippen LogP) is 2.05. The van der Waals surface area contributed by atoms with Crippen molar-refractivity contribution in [3.63, 3.8) is 0 Å². The second kappa shape index (κ2) is 3.81. The number of aromatic hydroxyl groups is 2. The van der Waals surface area contributed by atoms with Crippen LogP contribution in [0.1, 0.15) is 20.8 Å². The van der Waals surface area contributed by atoms with E-state index < -0.39 is 11.4 Å². The van der Waals surface area contributed by atoms with Crippen LogP contribution >= 0.6 is 0 Å². The largest absolute Gasteiger partial charge is 0.508 e. The number of hydrogen-bond acceptors (Lipinski definition) is 4. The first-order valence-electron chi connectivity index (χ1n) is 4.54. The number of phenols is 2. The topological polar surface area (TPSA) is 66.8 Å². The Labute approximate surface area is 88.1 Å². The van der Waals surface area contributed by atoms with E-state index >= 15 is 0 Å². The Morgan fingerprint density at radius 3 is 2.00 bits per heavy atom. The first-order valence-corrected chi connectivity index (χ1v) is 4.54. The summed E-state index contributed by atoms with van der Waals surface area (Å²) >= 11 is 0. The van der Waals surface area contributed by atoms with Crippen molar-refractivity contribution in [2.24, 2.45) is 5.41 Å². The van der Waals surface area contributed by atoms with Gasteiger partial charge in [-0.15, -0.1) is 0 Å². The Bertz CT molecular complexity index is 356. The van der Waals surface area contributed by atoms with Crippen LogP contribution in [0.2, 0.25) is 0 Å². The number of esters is 1. The van der Waals surface area contributed by atoms with Gasteiger partial charge in [0.2, 0.25) is 0 Å². The van der Waals surface area contributed by atoms with Gasteiger partial charge in [0.25, 0.3) is 0 Å². The molecule has 1 aromatic carbocycles. The van der Waals surface area contributed by atoms with Gasteiger partial charge < -0.3 is 14.9 Å². The Morgan fingerprint density at radius 2 is 1.60 bits per heavy atom. The lowest BCUT2D eigenvalue weighted by Crippen LogP contribution is -2.25. The van der Waals surface area contributed by atoms with E-state index in [2.05, 4.69) is 0 Å². The molecule has 0 aliphatic heterocycles. The fraction of sp³-hybridized carbons (Fsp3) is 0.364. The average molecular weight is 210 g/mol. The molecule has 0 bridgehead atoms. The van der Waals surface area contributed by atoms with E-state index in [1.165, 1.54) is 12.1 Å². The zero-order chi connectivity index (χ0) is 11.6. The summed E-state index contributed by atoms with van der Waals surface area (Å²) in [6.45, 7) is 5.16. The standard InChI is InChI=1S/C11H14O4/c1-11(2,3)10(14)15-9-5-7(12)4-8(13)6-9/h4-6,12-13H,1-3H3. The van der Waals surface area contributed by atoms with Gasteiger partial charge in [-0.1, -0.05) is 0 Å². The highest BCUT2D eigenvalue weighted by atomic mass is 16.5. The molecule has 1 aromatic rings. The molecule has 0 saturated heterocycles. The molecule has 4 nitrogen and oxygen atoms in total. The highest BCUT2D eigenvalue weighted by Gasteiger charge is 2.23. The molecule has 2 N–H and O–H groups in total. The monoisotopic (exact) mass is 210 g/mol. The Morgan fingerprint density at radius 1 is 1.13 bits per heavy atom. The number of benzene rings is 1.